The van der Waals surface area contributed by atoms with Crippen molar-refractivity contribution in [1.29, 1.82) is 0 Å². The fourth-order valence-electron chi connectivity index (χ4n) is 2.48. The summed E-state index contributed by atoms with van der Waals surface area (Å²) in [6.45, 7) is 1.53. The van der Waals surface area contributed by atoms with Gasteiger partial charge in [-0.1, -0.05) is 30.3 Å². The van der Waals surface area contributed by atoms with Crippen LogP contribution in [0.3, 0.4) is 0 Å². The second kappa shape index (κ2) is 7.61. The first-order valence-electron chi connectivity index (χ1n) is 7.78. The molecule has 0 aliphatic rings. The van der Waals surface area contributed by atoms with Crippen LogP contribution in [0.2, 0.25) is 0 Å². The Bertz CT molecular complexity index is 772. The highest BCUT2D eigenvalue weighted by molar-refractivity contribution is 5.97. The molecule has 6 heteroatoms. The van der Waals surface area contributed by atoms with Gasteiger partial charge in [0.2, 0.25) is 5.91 Å². The van der Waals surface area contributed by atoms with Crippen LogP contribution >= 0.6 is 0 Å². The van der Waals surface area contributed by atoms with E-state index >= 15 is 0 Å². The highest BCUT2D eigenvalue weighted by Crippen LogP contribution is 2.28. The van der Waals surface area contributed by atoms with Crippen molar-refractivity contribution in [1.82, 2.24) is 5.32 Å². The standard InChI is InChI=1S/C19H20N2O4/c1-19(18(24)25,14-6-4-3-5-7-14)12-16(22)21-15-10-8-13(9-11-15)17(23)20-2/h3-11H,12H2,1-2H3,(H,20,23)(H,21,22)(H,24,25)/t19-/m0/s1. The largest absolute Gasteiger partial charge is 0.481 e. The monoisotopic (exact) mass is 340 g/mol. The van der Waals surface area contributed by atoms with Crippen molar-refractivity contribution >= 4 is 23.5 Å². The number of carboxylic acid groups (broad SMARTS) is 1. The van der Waals surface area contributed by atoms with E-state index in [4.69, 9.17) is 0 Å². The number of carboxylic acids is 1. The summed E-state index contributed by atoms with van der Waals surface area (Å²) >= 11 is 0. The Labute approximate surface area is 145 Å². The van der Waals surface area contributed by atoms with Crippen LogP contribution < -0.4 is 10.6 Å². The average Bonchev–Trinajstić information content (AvgIpc) is 2.62. The summed E-state index contributed by atoms with van der Waals surface area (Å²) in [6, 6.07) is 15.0. The Balaban J connectivity index is 2.12. The molecule has 0 fully saturated rings. The topological polar surface area (TPSA) is 95.5 Å². The van der Waals surface area contributed by atoms with E-state index in [-0.39, 0.29) is 12.3 Å². The van der Waals surface area contributed by atoms with Gasteiger partial charge in [-0.2, -0.15) is 0 Å². The summed E-state index contributed by atoms with van der Waals surface area (Å²) in [6.07, 6.45) is -0.205. The number of nitrogens with one attached hydrogen (secondary N) is 2. The van der Waals surface area contributed by atoms with Gasteiger partial charge in [0, 0.05) is 24.7 Å². The van der Waals surface area contributed by atoms with Gasteiger partial charge in [-0.25, -0.2) is 0 Å². The number of hydrogen-bond acceptors (Lipinski definition) is 3. The molecule has 2 aromatic carbocycles. The third-order valence-electron chi connectivity index (χ3n) is 4.05. The van der Waals surface area contributed by atoms with Gasteiger partial charge >= 0.3 is 5.97 Å². The van der Waals surface area contributed by atoms with Crippen LogP contribution in [0, 0.1) is 0 Å². The molecule has 0 spiro atoms. The Hall–Kier alpha value is -3.15. The summed E-state index contributed by atoms with van der Waals surface area (Å²) in [5.41, 5.74) is 0.208. The molecule has 2 amide bonds. The highest BCUT2D eigenvalue weighted by Gasteiger charge is 2.37. The van der Waals surface area contributed by atoms with Crippen LogP contribution in [0.25, 0.3) is 0 Å². The summed E-state index contributed by atoms with van der Waals surface area (Å²) in [5.74, 6) is -1.70. The fourth-order valence-corrected chi connectivity index (χ4v) is 2.48. The van der Waals surface area contributed by atoms with Crippen LogP contribution in [-0.2, 0) is 15.0 Å². The summed E-state index contributed by atoms with van der Waals surface area (Å²) < 4.78 is 0. The van der Waals surface area contributed by atoms with Gasteiger partial charge in [-0.15, -0.1) is 0 Å². The fraction of sp³-hybridized carbons (Fsp3) is 0.211. The first-order chi connectivity index (χ1) is 11.9. The Morgan fingerprint density at radius 1 is 1.00 bits per heavy atom. The molecule has 0 aliphatic heterocycles. The zero-order chi connectivity index (χ0) is 18.4. The molecule has 0 bridgehead atoms. The maximum absolute atomic E-state index is 12.3. The van der Waals surface area contributed by atoms with Crippen molar-refractivity contribution in [3.05, 3.63) is 65.7 Å². The molecular formula is C19H20N2O4. The Kier molecular flexibility index (Phi) is 5.54. The van der Waals surface area contributed by atoms with Crippen molar-refractivity contribution < 1.29 is 19.5 Å². The number of amides is 2. The SMILES string of the molecule is CNC(=O)c1ccc(NC(=O)C[C@](C)(C(=O)O)c2ccccc2)cc1. The molecule has 130 valence electrons. The van der Waals surface area contributed by atoms with Crippen LogP contribution in [0.1, 0.15) is 29.3 Å². The normalized spacial score (nSPS) is 12.7. The maximum atomic E-state index is 12.3. The second-order valence-corrected chi connectivity index (χ2v) is 5.88. The van der Waals surface area contributed by atoms with Gasteiger partial charge in [0.1, 0.15) is 0 Å². The van der Waals surface area contributed by atoms with E-state index < -0.39 is 17.3 Å². The van der Waals surface area contributed by atoms with Gasteiger partial charge in [0.25, 0.3) is 5.91 Å². The van der Waals surface area contributed by atoms with E-state index in [2.05, 4.69) is 10.6 Å². The number of hydrogen-bond donors (Lipinski definition) is 3. The second-order valence-electron chi connectivity index (χ2n) is 5.88. The van der Waals surface area contributed by atoms with E-state index in [0.29, 0.717) is 16.8 Å². The van der Waals surface area contributed by atoms with Gasteiger partial charge in [-0.3, -0.25) is 14.4 Å². The van der Waals surface area contributed by atoms with Crippen LogP contribution in [-0.4, -0.2) is 29.9 Å². The lowest BCUT2D eigenvalue weighted by Crippen LogP contribution is -2.36. The van der Waals surface area contributed by atoms with Crippen molar-refractivity contribution in [2.24, 2.45) is 0 Å². The molecule has 1 atom stereocenters. The molecule has 0 aromatic heterocycles. The van der Waals surface area contributed by atoms with Crippen molar-refractivity contribution in [3.8, 4) is 0 Å². The number of rotatable bonds is 6. The molecule has 0 heterocycles. The summed E-state index contributed by atoms with van der Waals surface area (Å²) in [7, 11) is 1.54. The van der Waals surface area contributed by atoms with E-state index in [0.717, 1.165) is 0 Å². The first kappa shape index (κ1) is 18.2. The Morgan fingerprint density at radius 2 is 1.60 bits per heavy atom. The number of anilines is 1. The molecule has 0 saturated heterocycles. The van der Waals surface area contributed by atoms with E-state index in [9.17, 15) is 19.5 Å². The lowest BCUT2D eigenvalue weighted by molar-refractivity contribution is -0.145. The third kappa shape index (κ3) is 4.23. The number of carbonyl (C=O) groups is 3. The zero-order valence-electron chi connectivity index (χ0n) is 14.1. The maximum Gasteiger partial charge on any atom is 0.314 e. The molecule has 0 saturated carbocycles. The number of carbonyl (C=O) groups excluding carboxylic acids is 2. The lowest BCUT2D eigenvalue weighted by Gasteiger charge is -2.24. The van der Waals surface area contributed by atoms with Crippen LogP contribution in [0.15, 0.2) is 54.6 Å². The van der Waals surface area contributed by atoms with Gasteiger partial charge < -0.3 is 15.7 Å². The molecule has 25 heavy (non-hydrogen) atoms. The summed E-state index contributed by atoms with van der Waals surface area (Å²) in [5, 5.41) is 14.8. The zero-order valence-corrected chi connectivity index (χ0v) is 14.1. The lowest BCUT2D eigenvalue weighted by atomic mass is 9.79. The van der Waals surface area contributed by atoms with Gasteiger partial charge in [0.05, 0.1) is 5.41 Å². The highest BCUT2D eigenvalue weighted by atomic mass is 16.4. The molecule has 6 nitrogen and oxygen atoms in total. The number of benzene rings is 2. The van der Waals surface area contributed by atoms with Crippen molar-refractivity contribution in [2.75, 3.05) is 12.4 Å². The molecular weight excluding hydrogens is 320 g/mol. The van der Waals surface area contributed by atoms with Crippen LogP contribution in [0.5, 0.6) is 0 Å². The number of aliphatic carboxylic acids is 1. The average molecular weight is 340 g/mol. The van der Waals surface area contributed by atoms with E-state index in [1.165, 1.54) is 14.0 Å². The van der Waals surface area contributed by atoms with Crippen molar-refractivity contribution in [2.45, 2.75) is 18.8 Å². The van der Waals surface area contributed by atoms with E-state index in [1.54, 1.807) is 54.6 Å². The molecule has 0 unspecified atom stereocenters. The predicted octanol–water partition coefficient (Wildman–Crippen LogP) is 2.42. The van der Waals surface area contributed by atoms with Gasteiger partial charge in [0.15, 0.2) is 0 Å². The third-order valence-corrected chi connectivity index (χ3v) is 4.05. The summed E-state index contributed by atoms with van der Waals surface area (Å²) in [4.78, 5) is 35.6. The van der Waals surface area contributed by atoms with Crippen molar-refractivity contribution in [3.63, 3.8) is 0 Å². The van der Waals surface area contributed by atoms with Crippen LogP contribution in [0.4, 0.5) is 5.69 Å². The Morgan fingerprint density at radius 3 is 2.12 bits per heavy atom. The first-order valence-corrected chi connectivity index (χ1v) is 7.78. The molecule has 2 rings (SSSR count). The minimum absolute atomic E-state index is 0.205. The smallest absolute Gasteiger partial charge is 0.314 e. The quantitative estimate of drug-likeness (QED) is 0.752. The van der Waals surface area contributed by atoms with E-state index in [1.807, 2.05) is 0 Å². The minimum Gasteiger partial charge on any atom is -0.481 e. The molecule has 3 N–H and O–H groups in total. The molecule has 0 radical (unpaired) electrons. The molecule has 0 aliphatic carbocycles. The predicted molar refractivity (Wildman–Crippen MR) is 94.5 cm³/mol. The van der Waals surface area contributed by atoms with Gasteiger partial charge in [-0.05, 0) is 36.8 Å². The molecule has 2 aromatic rings. The minimum atomic E-state index is -1.33.